The highest BCUT2D eigenvalue weighted by Gasteiger charge is 2.48. The van der Waals surface area contributed by atoms with Crippen LogP contribution in [0, 0.1) is 0 Å². The zero-order valence-corrected chi connectivity index (χ0v) is 40.8. The van der Waals surface area contributed by atoms with Crippen molar-refractivity contribution < 1.29 is 39.5 Å². The number of nitrogens with zero attached hydrogens (tertiary/aromatic N) is 4. The van der Waals surface area contributed by atoms with Gasteiger partial charge in [-0.3, -0.25) is 34.4 Å². The second kappa shape index (κ2) is 19.2. The third-order valence-corrected chi connectivity index (χ3v) is 14.3. The molecule has 14 nitrogen and oxygen atoms in total. The number of hydrogen-bond donors (Lipinski definition) is 5. The van der Waals surface area contributed by atoms with Gasteiger partial charge in [-0.05, 0) is 116 Å². The molecule has 0 saturated carbocycles. The molecule has 2 aliphatic heterocycles. The maximum absolute atomic E-state index is 14.9. The number of allylic oxidation sites excluding steroid dienone is 2. The second-order valence-electron chi connectivity index (χ2n) is 19.9. The summed E-state index contributed by atoms with van der Waals surface area (Å²) in [6, 6.07) is 24.6. The van der Waals surface area contributed by atoms with Crippen molar-refractivity contribution in [3.8, 4) is 0 Å². The molecule has 4 amide bonds. The maximum atomic E-state index is 14.9. The van der Waals surface area contributed by atoms with Crippen LogP contribution in [-0.4, -0.2) is 69.1 Å². The predicted molar refractivity (Wildman–Crippen MR) is 265 cm³/mol. The van der Waals surface area contributed by atoms with Gasteiger partial charge >= 0.3 is 0 Å². The van der Waals surface area contributed by atoms with E-state index in [9.17, 15) is 39.5 Å². The lowest BCUT2D eigenvalue weighted by Crippen LogP contribution is -2.42. The zero-order valence-electron chi connectivity index (χ0n) is 40.8. The first-order valence-electron chi connectivity index (χ1n) is 23.6. The van der Waals surface area contributed by atoms with E-state index in [2.05, 4.69) is 89.3 Å². The number of nitrogens with one attached hydrogen (secondary N) is 2. The number of aliphatic hydroxyl groups excluding tert-OH is 1. The van der Waals surface area contributed by atoms with Gasteiger partial charge in [0.25, 0.3) is 11.8 Å². The van der Waals surface area contributed by atoms with E-state index in [-0.39, 0.29) is 90.4 Å². The normalized spacial score (nSPS) is 18.6. The van der Waals surface area contributed by atoms with Crippen molar-refractivity contribution in [3.63, 3.8) is 0 Å². The Balaban J connectivity index is 1.26. The van der Waals surface area contributed by atoms with E-state index in [0.29, 0.717) is 43.7 Å². The molecule has 4 aromatic rings. The summed E-state index contributed by atoms with van der Waals surface area (Å²) in [7, 11) is 0. The third kappa shape index (κ3) is 9.06. The van der Waals surface area contributed by atoms with Crippen molar-refractivity contribution in [1.82, 2.24) is 4.58 Å². The van der Waals surface area contributed by atoms with E-state index >= 15 is 0 Å². The molecule has 0 radical (unpaired) electrons. The Hall–Kier alpha value is -6.64. The molecule has 3 aliphatic rings. The number of ketones is 1. The first-order valence-corrected chi connectivity index (χ1v) is 23.6. The number of para-hydroxylation sites is 2. The number of hydroxylamine groups is 2. The summed E-state index contributed by atoms with van der Waals surface area (Å²) in [5, 5.41) is 41.5. The molecule has 68 heavy (non-hydrogen) atoms. The Bertz CT molecular complexity index is 2830. The Morgan fingerprint density at radius 2 is 1.21 bits per heavy atom. The van der Waals surface area contributed by atoms with Crippen LogP contribution in [0.25, 0.3) is 11.1 Å². The fraction of sp³-hybridized carbons (Fsp3) is 0.407. The molecule has 5 N–H and O–H groups in total. The number of amides is 4. The monoisotopic (exact) mass is 925 g/mol. The quantitative estimate of drug-likeness (QED) is 0.0449. The van der Waals surface area contributed by atoms with Crippen LogP contribution < -0.4 is 40.8 Å². The molecular weight excluding hydrogens is 861 g/mol. The van der Waals surface area contributed by atoms with E-state index in [4.69, 9.17) is 0 Å². The molecule has 2 heterocycles. The minimum Gasteiger partial charge on any atom is -0.506 e. The molecule has 0 saturated heterocycles. The van der Waals surface area contributed by atoms with Crippen molar-refractivity contribution in [2.24, 2.45) is 0 Å². The van der Waals surface area contributed by atoms with Gasteiger partial charge in [-0.1, -0.05) is 50.2 Å². The zero-order chi connectivity index (χ0) is 49.6. The molecule has 0 bridgehead atoms. The minimum atomic E-state index is -0.562. The molecule has 1 aliphatic carbocycles. The number of fused-ring (bicyclic) bond motifs is 2. The average molecular weight is 926 g/mol. The number of carbonyl (C=O) groups is 5. The summed E-state index contributed by atoms with van der Waals surface area (Å²) in [5.41, 5.74) is 3.71. The summed E-state index contributed by atoms with van der Waals surface area (Å²) >= 11 is 0. The first kappa shape index (κ1) is 49.3. The summed E-state index contributed by atoms with van der Waals surface area (Å²) in [6.45, 7) is 21.2. The lowest BCUT2D eigenvalue weighted by molar-refractivity contribution is -0.124. The van der Waals surface area contributed by atoms with Crippen LogP contribution in [0.1, 0.15) is 124 Å². The van der Waals surface area contributed by atoms with Crippen LogP contribution in [0.15, 0.2) is 90.7 Å². The number of benzene rings is 4. The van der Waals surface area contributed by atoms with Crippen LogP contribution >= 0.6 is 0 Å². The number of hydrogen-bond acceptors (Lipinski definition) is 9. The second-order valence-corrected chi connectivity index (χ2v) is 19.9. The first-order chi connectivity index (χ1) is 32.1. The molecular formula is C54H65N6O8+. The van der Waals surface area contributed by atoms with Crippen LogP contribution in [0.3, 0.4) is 0 Å². The highest BCUT2D eigenvalue weighted by atomic mass is 16.5. The molecule has 0 spiro atoms. The van der Waals surface area contributed by atoms with Gasteiger partial charge in [0.15, 0.2) is 6.04 Å². The molecule has 0 fully saturated rings. The lowest BCUT2D eigenvalue weighted by Gasteiger charge is -2.34. The van der Waals surface area contributed by atoms with Crippen LogP contribution in [-0.2, 0) is 34.8 Å². The molecule has 7 rings (SSSR count). The standard InChI is InChI=1S/C54H64N6O8/c1-31(2)57-33(5)53(7,8)39-27-37(41(29-43(39)57)55-45(61)23-17-25-47(63)59(67)35-19-13-11-14-20-35)49-51(65)50(52(49)66)38-28-40-44(58(32(3)4)34(6)54(40,9)10)30-42(38)56-46(62)24-18-26-48(64)60(68)36-21-15-12-16-22-36/h11-16,19-22,27-34,67-68H,17-18,23-26H2,1-10H3,(H2,55,56,61,62,65,66)/p+1. The molecule has 2 atom stereocenters. The Labute approximate surface area is 398 Å². The van der Waals surface area contributed by atoms with Crippen molar-refractivity contribution >= 4 is 69.0 Å². The van der Waals surface area contributed by atoms with Gasteiger partial charge in [0.1, 0.15) is 11.8 Å². The number of anilines is 5. The number of carbonyl (C=O) groups excluding carboxylic acids is 5. The van der Waals surface area contributed by atoms with Crippen molar-refractivity contribution in [1.29, 1.82) is 0 Å². The highest BCUT2D eigenvalue weighted by molar-refractivity contribution is 6.52. The summed E-state index contributed by atoms with van der Waals surface area (Å²) in [5.74, 6) is -2.69. The maximum Gasteiger partial charge on any atom is 0.250 e. The molecule has 2 unspecified atom stereocenters. The fourth-order valence-electron chi connectivity index (χ4n) is 10.0. The van der Waals surface area contributed by atoms with Gasteiger partial charge in [0, 0.05) is 71.3 Å². The predicted octanol–water partition coefficient (Wildman–Crippen LogP) is 7.93. The highest BCUT2D eigenvalue weighted by Crippen LogP contribution is 2.51. The number of aliphatic hydroxyl groups is 1. The Morgan fingerprint density at radius 3 is 1.69 bits per heavy atom. The summed E-state index contributed by atoms with van der Waals surface area (Å²) < 4.78 is 2.28. The number of Topliss-reactive ketones (excluding diaryl/α,β-unsaturated/α-hetero) is 1. The van der Waals surface area contributed by atoms with Gasteiger partial charge < -0.3 is 20.6 Å². The van der Waals surface area contributed by atoms with Crippen molar-refractivity contribution in [2.45, 2.75) is 143 Å². The van der Waals surface area contributed by atoms with Gasteiger partial charge in [-0.25, -0.2) is 4.58 Å². The molecule has 14 heteroatoms. The van der Waals surface area contributed by atoms with Gasteiger partial charge in [-0.2, -0.15) is 10.1 Å². The molecule has 358 valence electrons. The van der Waals surface area contributed by atoms with Crippen molar-refractivity contribution in [2.75, 3.05) is 25.7 Å². The van der Waals surface area contributed by atoms with Gasteiger partial charge in [-0.15, -0.1) is 0 Å². The Morgan fingerprint density at radius 1 is 0.691 bits per heavy atom. The fourth-order valence-corrected chi connectivity index (χ4v) is 10.0. The molecule has 4 aromatic carbocycles. The largest absolute Gasteiger partial charge is 0.506 e. The SMILES string of the molecule is CC(C)N1c2cc(NC(=O)CCCC(=O)N(O)c3ccccc3)c(C3=C(O)/C(=c4/cc5c(cc4NC(=O)CCCC(=O)N(O)c4ccccc4)=[N+](C(C)C)C(C)C5(C)C)C3=O)cc2C(C)(C)C1C. The third-order valence-electron chi connectivity index (χ3n) is 14.3. The van der Waals surface area contributed by atoms with Crippen LogP contribution in [0.4, 0.5) is 28.4 Å². The van der Waals surface area contributed by atoms with E-state index in [1.165, 1.54) is 0 Å². The molecule has 0 aromatic heterocycles. The van der Waals surface area contributed by atoms with Gasteiger partial charge in [0.2, 0.25) is 23.0 Å². The van der Waals surface area contributed by atoms with E-state index in [1.54, 1.807) is 60.7 Å². The summed E-state index contributed by atoms with van der Waals surface area (Å²) in [6.07, 6.45) is -0.0253. The van der Waals surface area contributed by atoms with Crippen LogP contribution in [0.5, 0.6) is 0 Å². The van der Waals surface area contributed by atoms with E-state index in [1.807, 2.05) is 24.3 Å². The summed E-state index contributed by atoms with van der Waals surface area (Å²) in [4.78, 5) is 70.3. The van der Waals surface area contributed by atoms with Crippen LogP contribution in [0.2, 0.25) is 0 Å². The topological polar surface area (TPSA) is 183 Å². The smallest absolute Gasteiger partial charge is 0.250 e. The number of rotatable bonds is 15. The Kier molecular flexibility index (Phi) is 13.9. The average Bonchev–Trinajstić information content (AvgIpc) is 3.61. The van der Waals surface area contributed by atoms with Crippen molar-refractivity contribution in [3.05, 3.63) is 118 Å². The minimum absolute atomic E-state index is 0.0261. The van der Waals surface area contributed by atoms with E-state index < -0.39 is 29.4 Å². The lowest BCUT2D eigenvalue weighted by atomic mass is 9.76. The van der Waals surface area contributed by atoms with E-state index in [0.717, 1.165) is 22.2 Å². The van der Waals surface area contributed by atoms with Gasteiger partial charge in [0.05, 0.1) is 39.3 Å².